The van der Waals surface area contributed by atoms with Crippen molar-refractivity contribution in [2.75, 3.05) is 0 Å². The highest BCUT2D eigenvalue weighted by atomic mass is 32.1. The van der Waals surface area contributed by atoms with E-state index in [0.717, 1.165) is 18.8 Å². The summed E-state index contributed by atoms with van der Waals surface area (Å²) in [5.74, 6) is 0.717. The van der Waals surface area contributed by atoms with Gasteiger partial charge in [-0.25, -0.2) is 0 Å². The molecule has 1 aliphatic rings. The summed E-state index contributed by atoms with van der Waals surface area (Å²) in [6.07, 6.45) is 7.74. The molecule has 0 aromatic carbocycles. The third-order valence-electron chi connectivity index (χ3n) is 4.45. The van der Waals surface area contributed by atoms with Crippen molar-refractivity contribution in [3.05, 3.63) is 22.4 Å². The number of aryl methyl sites for hydroxylation is 1. The summed E-state index contributed by atoms with van der Waals surface area (Å²) in [5, 5.41) is 4.41. The smallest absolute Gasteiger partial charge is 0.00754 e. The van der Waals surface area contributed by atoms with E-state index in [1.54, 1.807) is 11.3 Å². The minimum absolute atomic E-state index is 0.380. The van der Waals surface area contributed by atoms with Crippen molar-refractivity contribution in [3.8, 4) is 0 Å². The van der Waals surface area contributed by atoms with Gasteiger partial charge in [0.2, 0.25) is 0 Å². The fraction of sp³-hybridized carbons (Fsp3) is 0.733. The first-order valence-corrected chi connectivity index (χ1v) is 7.80. The second-order valence-electron chi connectivity index (χ2n) is 6.17. The first-order valence-electron chi connectivity index (χ1n) is 6.86. The SMILES string of the molecule is CC1(C)CCCCC1C(N)CCc1ccsc1. The highest BCUT2D eigenvalue weighted by molar-refractivity contribution is 7.07. The monoisotopic (exact) mass is 251 g/mol. The predicted molar refractivity (Wildman–Crippen MR) is 76.4 cm³/mol. The van der Waals surface area contributed by atoms with Crippen LogP contribution in [0.3, 0.4) is 0 Å². The summed E-state index contributed by atoms with van der Waals surface area (Å²) < 4.78 is 0. The van der Waals surface area contributed by atoms with Gasteiger partial charge in [0, 0.05) is 6.04 Å². The molecule has 1 aliphatic carbocycles. The molecule has 2 heteroatoms. The lowest BCUT2D eigenvalue weighted by Gasteiger charge is -2.42. The average molecular weight is 251 g/mol. The Balaban J connectivity index is 1.88. The zero-order valence-corrected chi connectivity index (χ0v) is 11.9. The van der Waals surface area contributed by atoms with Gasteiger partial charge in [-0.2, -0.15) is 11.3 Å². The lowest BCUT2D eigenvalue weighted by Crippen LogP contribution is -2.41. The molecule has 0 spiro atoms. The molecule has 96 valence electrons. The van der Waals surface area contributed by atoms with Crippen molar-refractivity contribution in [3.63, 3.8) is 0 Å². The van der Waals surface area contributed by atoms with Gasteiger partial charge in [0.15, 0.2) is 0 Å². The molecule has 0 bridgehead atoms. The topological polar surface area (TPSA) is 26.0 Å². The molecule has 0 saturated heterocycles. The maximum atomic E-state index is 6.44. The number of thiophene rings is 1. The van der Waals surface area contributed by atoms with Gasteiger partial charge in [0.1, 0.15) is 0 Å². The Bertz CT molecular complexity index is 329. The Morgan fingerprint density at radius 1 is 1.47 bits per heavy atom. The predicted octanol–water partition coefficient (Wildman–Crippen LogP) is 4.22. The van der Waals surface area contributed by atoms with Crippen LogP contribution in [0.5, 0.6) is 0 Å². The van der Waals surface area contributed by atoms with Crippen LogP contribution >= 0.6 is 11.3 Å². The molecule has 2 unspecified atom stereocenters. The normalized spacial score (nSPS) is 25.7. The van der Waals surface area contributed by atoms with Crippen LogP contribution in [-0.4, -0.2) is 6.04 Å². The fourth-order valence-corrected chi connectivity index (χ4v) is 3.99. The molecule has 2 rings (SSSR count). The molecular formula is C15H25NS. The molecule has 0 amide bonds. The van der Waals surface area contributed by atoms with Gasteiger partial charge in [-0.3, -0.25) is 0 Å². The van der Waals surface area contributed by atoms with Crippen LogP contribution in [0.25, 0.3) is 0 Å². The van der Waals surface area contributed by atoms with E-state index >= 15 is 0 Å². The van der Waals surface area contributed by atoms with Gasteiger partial charge in [0.05, 0.1) is 0 Å². The Hall–Kier alpha value is -0.340. The van der Waals surface area contributed by atoms with E-state index in [-0.39, 0.29) is 0 Å². The molecular weight excluding hydrogens is 226 g/mol. The van der Waals surface area contributed by atoms with Gasteiger partial charge in [-0.1, -0.05) is 26.7 Å². The van der Waals surface area contributed by atoms with Gasteiger partial charge >= 0.3 is 0 Å². The highest BCUT2D eigenvalue weighted by Gasteiger charge is 2.35. The number of nitrogens with two attached hydrogens (primary N) is 1. The van der Waals surface area contributed by atoms with Crippen LogP contribution < -0.4 is 5.73 Å². The lowest BCUT2D eigenvalue weighted by atomic mass is 9.65. The zero-order chi connectivity index (χ0) is 12.3. The Morgan fingerprint density at radius 2 is 2.29 bits per heavy atom. The summed E-state index contributed by atoms with van der Waals surface area (Å²) in [4.78, 5) is 0. The van der Waals surface area contributed by atoms with E-state index < -0.39 is 0 Å². The van der Waals surface area contributed by atoms with Crippen LogP contribution in [0.2, 0.25) is 0 Å². The van der Waals surface area contributed by atoms with Crippen LogP contribution in [0, 0.1) is 11.3 Å². The number of rotatable bonds is 4. The van der Waals surface area contributed by atoms with E-state index in [2.05, 4.69) is 30.7 Å². The summed E-state index contributed by atoms with van der Waals surface area (Å²) in [6.45, 7) is 4.81. The first-order chi connectivity index (χ1) is 8.09. The highest BCUT2D eigenvalue weighted by Crippen LogP contribution is 2.42. The van der Waals surface area contributed by atoms with Crippen LogP contribution in [0.1, 0.15) is 51.5 Å². The summed E-state index contributed by atoms with van der Waals surface area (Å²) >= 11 is 1.79. The molecule has 1 nitrogen and oxygen atoms in total. The minimum atomic E-state index is 0.380. The van der Waals surface area contributed by atoms with E-state index in [1.807, 2.05) is 0 Å². The van der Waals surface area contributed by atoms with Crippen molar-refractivity contribution in [2.24, 2.45) is 17.1 Å². The second-order valence-corrected chi connectivity index (χ2v) is 6.96. The number of hydrogen-bond donors (Lipinski definition) is 1. The first kappa shape index (κ1) is 13.1. The Labute approximate surface area is 109 Å². The van der Waals surface area contributed by atoms with Crippen molar-refractivity contribution in [1.29, 1.82) is 0 Å². The van der Waals surface area contributed by atoms with E-state index in [0.29, 0.717) is 11.5 Å². The van der Waals surface area contributed by atoms with Crippen LogP contribution in [-0.2, 0) is 6.42 Å². The van der Waals surface area contributed by atoms with Gasteiger partial charge in [0.25, 0.3) is 0 Å². The van der Waals surface area contributed by atoms with Crippen molar-refractivity contribution in [1.82, 2.24) is 0 Å². The molecule has 1 fully saturated rings. The lowest BCUT2D eigenvalue weighted by molar-refractivity contribution is 0.109. The standard InChI is InChI=1S/C15H25NS/c1-15(2)9-4-3-5-13(15)14(16)7-6-12-8-10-17-11-12/h8,10-11,13-14H,3-7,9,16H2,1-2H3. The van der Waals surface area contributed by atoms with Crippen molar-refractivity contribution < 1.29 is 0 Å². The summed E-state index contributed by atoms with van der Waals surface area (Å²) in [6, 6.07) is 2.61. The molecule has 0 aliphatic heterocycles. The van der Waals surface area contributed by atoms with Crippen LogP contribution in [0.4, 0.5) is 0 Å². The molecule has 0 radical (unpaired) electrons. The summed E-state index contributed by atoms with van der Waals surface area (Å²) in [7, 11) is 0. The molecule has 1 saturated carbocycles. The largest absolute Gasteiger partial charge is 0.327 e. The van der Waals surface area contributed by atoms with Crippen molar-refractivity contribution in [2.45, 2.75) is 58.4 Å². The molecule has 1 heterocycles. The van der Waals surface area contributed by atoms with Gasteiger partial charge < -0.3 is 5.73 Å². The van der Waals surface area contributed by atoms with E-state index in [4.69, 9.17) is 5.73 Å². The summed E-state index contributed by atoms with van der Waals surface area (Å²) in [5.41, 5.74) is 8.35. The second kappa shape index (κ2) is 5.53. The average Bonchev–Trinajstić information content (AvgIpc) is 2.78. The molecule has 1 aromatic heterocycles. The zero-order valence-electron chi connectivity index (χ0n) is 11.1. The third kappa shape index (κ3) is 3.32. The molecule has 2 atom stereocenters. The quantitative estimate of drug-likeness (QED) is 0.851. The van der Waals surface area contributed by atoms with Crippen molar-refractivity contribution >= 4 is 11.3 Å². The Morgan fingerprint density at radius 3 is 2.94 bits per heavy atom. The van der Waals surface area contributed by atoms with Gasteiger partial charge in [-0.15, -0.1) is 0 Å². The maximum absolute atomic E-state index is 6.44. The van der Waals surface area contributed by atoms with E-state index in [9.17, 15) is 0 Å². The molecule has 17 heavy (non-hydrogen) atoms. The van der Waals surface area contributed by atoms with E-state index in [1.165, 1.54) is 31.2 Å². The van der Waals surface area contributed by atoms with Gasteiger partial charge in [-0.05, 0) is 59.4 Å². The maximum Gasteiger partial charge on any atom is 0.00754 e. The Kier molecular flexibility index (Phi) is 4.26. The fourth-order valence-electron chi connectivity index (χ4n) is 3.28. The molecule has 2 N–H and O–H groups in total. The van der Waals surface area contributed by atoms with Crippen LogP contribution in [0.15, 0.2) is 16.8 Å². The number of hydrogen-bond acceptors (Lipinski definition) is 2. The minimum Gasteiger partial charge on any atom is -0.327 e. The third-order valence-corrected chi connectivity index (χ3v) is 5.19. The molecule has 1 aromatic rings.